The molecule has 8 heteroatoms. The number of carbonyl (C=O) groups is 2. The highest BCUT2D eigenvalue weighted by Crippen LogP contribution is 2.18. The largest absolute Gasteiger partial charge is 0.492 e. The lowest BCUT2D eigenvalue weighted by Crippen LogP contribution is -2.20. The summed E-state index contributed by atoms with van der Waals surface area (Å²) in [6.45, 7) is -0.422. The molecule has 1 rings (SSSR count). The van der Waals surface area contributed by atoms with Crippen molar-refractivity contribution in [2.24, 2.45) is 0 Å². The summed E-state index contributed by atoms with van der Waals surface area (Å²) in [7, 11) is 0. The van der Waals surface area contributed by atoms with Crippen LogP contribution in [-0.2, 0) is 14.3 Å². The molecule has 0 aliphatic carbocycles. The van der Waals surface area contributed by atoms with E-state index >= 15 is 0 Å². The first-order valence-corrected chi connectivity index (χ1v) is 5.12. The molecule has 0 unspecified atom stereocenters. The molecule has 0 saturated carbocycles. The Morgan fingerprint density at radius 3 is 2.22 bits per heavy atom. The first kappa shape index (κ1) is 13.8. The summed E-state index contributed by atoms with van der Waals surface area (Å²) in [5, 5.41) is 26.8. The Morgan fingerprint density at radius 2 is 1.67 bits per heavy atom. The Labute approximate surface area is 102 Å². The molecule has 1 heterocycles. The molecule has 0 amide bonds. The zero-order valence-corrected chi connectivity index (χ0v) is 9.40. The minimum atomic E-state index is -0.822. The number of rotatable bonds is 6. The van der Waals surface area contributed by atoms with Crippen molar-refractivity contribution in [1.82, 2.24) is 4.73 Å². The maximum absolute atomic E-state index is 11.3. The maximum atomic E-state index is 11.3. The zero-order chi connectivity index (χ0) is 13.5. The van der Waals surface area contributed by atoms with Crippen molar-refractivity contribution in [3.05, 3.63) is 12.1 Å². The van der Waals surface area contributed by atoms with Crippen LogP contribution in [0.1, 0.15) is 12.8 Å². The first-order valence-electron chi connectivity index (χ1n) is 5.12. The lowest BCUT2D eigenvalue weighted by molar-refractivity contribution is -0.151. The molecule has 0 fully saturated rings. The molecule has 8 nitrogen and oxygen atoms in total. The average Bonchev–Trinajstić information content (AvgIpc) is 2.65. The van der Waals surface area contributed by atoms with Gasteiger partial charge in [-0.3, -0.25) is 4.79 Å². The Hall–Kier alpha value is -2.22. The molecule has 0 spiro atoms. The van der Waals surface area contributed by atoms with Crippen molar-refractivity contribution in [3.63, 3.8) is 0 Å². The molecule has 1 aromatic rings. The van der Waals surface area contributed by atoms with Gasteiger partial charge in [0.25, 0.3) is 0 Å². The van der Waals surface area contributed by atoms with Crippen molar-refractivity contribution in [1.29, 1.82) is 0 Å². The van der Waals surface area contributed by atoms with Gasteiger partial charge in [0.15, 0.2) is 0 Å². The van der Waals surface area contributed by atoms with Gasteiger partial charge in [0.2, 0.25) is 11.8 Å². The summed E-state index contributed by atoms with van der Waals surface area (Å²) in [4.78, 5) is 26.9. The predicted molar refractivity (Wildman–Crippen MR) is 56.6 cm³/mol. The fourth-order valence-electron chi connectivity index (χ4n) is 1.08. The fraction of sp³-hybridized carbons (Fsp3) is 0.400. The fourth-order valence-corrected chi connectivity index (χ4v) is 1.08. The van der Waals surface area contributed by atoms with E-state index in [9.17, 15) is 19.8 Å². The van der Waals surface area contributed by atoms with Crippen LogP contribution < -0.4 is 4.84 Å². The van der Waals surface area contributed by atoms with Crippen LogP contribution in [0.4, 0.5) is 0 Å². The molecule has 0 saturated heterocycles. The number of aromatic hydroxyl groups is 2. The van der Waals surface area contributed by atoms with Crippen LogP contribution >= 0.6 is 0 Å². The van der Waals surface area contributed by atoms with E-state index in [-0.39, 0.29) is 26.1 Å². The molecule has 0 radical (unpaired) electrons. The minimum absolute atomic E-state index is 0.132. The minimum Gasteiger partial charge on any atom is -0.492 e. The van der Waals surface area contributed by atoms with Gasteiger partial charge in [0, 0.05) is 12.1 Å². The topological polar surface area (TPSA) is 118 Å². The Morgan fingerprint density at radius 1 is 1.11 bits per heavy atom. The van der Waals surface area contributed by atoms with Crippen molar-refractivity contribution in [3.8, 4) is 11.8 Å². The molecule has 0 aliphatic heterocycles. The van der Waals surface area contributed by atoms with Crippen molar-refractivity contribution in [2.45, 2.75) is 12.8 Å². The van der Waals surface area contributed by atoms with Crippen LogP contribution in [0.2, 0.25) is 0 Å². The Kier molecular flexibility index (Phi) is 5.00. The second-order valence-electron chi connectivity index (χ2n) is 3.25. The van der Waals surface area contributed by atoms with Crippen LogP contribution in [0.5, 0.6) is 11.8 Å². The average molecular weight is 259 g/mol. The van der Waals surface area contributed by atoms with Crippen LogP contribution in [0.15, 0.2) is 12.1 Å². The highest BCUT2D eigenvalue weighted by atomic mass is 16.7. The van der Waals surface area contributed by atoms with Crippen LogP contribution in [0, 0.1) is 0 Å². The van der Waals surface area contributed by atoms with E-state index < -0.39 is 23.7 Å². The summed E-state index contributed by atoms with van der Waals surface area (Å²) >= 11 is 0. The van der Waals surface area contributed by atoms with Crippen molar-refractivity contribution < 1.29 is 34.5 Å². The number of hydrogen-bond acceptors (Lipinski definition) is 7. The monoisotopic (exact) mass is 259 g/mol. The summed E-state index contributed by atoms with van der Waals surface area (Å²) in [6, 6.07) is 2.27. The van der Waals surface area contributed by atoms with E-state index in [1.807, 2.05) is 0 Å². The third-order valence-electron chi connectivity index (χ3n) is 1.88. The predicted octanol–water partition coefficient (Wildman–Crippen LogP) is -0.830. The van der Waals surface area contributed by atoms with Crippen molar-refractivity contribution >= 4 is 11.9 Å². The number of aromatic nitrogens is 1. The van der Waals surface area contributed by atoms with Gasteiger partial charge in [-0.2, -0.15) is 0 Å². The van der Waals surface area contributed by atoms with Gasteiger partial charge in [-0.1, -0.05) is 0 Å². The number of ether oxygens (including phenoxy) is 1. The molecular formula is C10H13NO7. The molecular weight excluding hydrogens is 246 g/mol. The number of hydrogen-bond donors (Lipinski definition) is 3. The smallest absolute Gasteiger partial charge is 0.333 e. The first-order chi connectivity index (χ1) is 8.54. The van der Waals surface area contributed by atoms with Gasteiger partial charge in [-0.25, -0.2) is 4.79 Å². The third-order valence-corrected chi connectivity index (χ3v) is 1.88. The number of aliphatic hydroxyl groups excluding tert-OH is 1. The summed E-state index contributed by atoms with van der Waals surface area (Å²) in [5.41, 5.74) is 0. The van der Waals surface area contributed by atoms with Gasteiger partial charge in [0.05, 0.1) is 19.4 Å². The number of nitrogens with zero attached hydrogens (tertiary/aromatic N) is 1. The quantitative estimate of drug-likeness (QED) is 0.570. The summed E-state index contributed by atoms with van der Waals surface area (Å²) in [5.74, 6) is -2.35. The van der Waals surface area contributed by atoms with Gasteiger partial charge in [-0.15, -0.1) is 4.73 Å². The van der Waals surface area contributed by atoms with E-state index in [1.54, 1.807) is 0 Å². The normalized spacial score (nSPS) is 10.1. The van der Waals surface area contributed by atoms with E-state index in [4.69, 9.17) is 5.11 Å². The summed E-state index contributed by atoms with van der Waals surface area (Å²) in [6.07, 6.45) is -0.497. The van der Waals surface area contributed by atoms with Crippen LogP contribution in [0.3, 0.4) is 0 Å². The lowest BCUT2D eigenvalue weighted by Gasteiger charge is -2.06. The molecule has 0 aromatic carbocycles. The van der Waals surface area contributed by atoms with Gasteiger partial charge >= 0.3 is 11.9 Å². The molecule has 18 heavy (non-hydrogen) atoms. The lowest BCUT2D eigenvalue weighted by atomic mass is 10.3. The molecule has 100 valence electrons. The van der Waals surface area contributed by atoms with E-state index in [0.717, 1.165) is 12.1 Å². The highest BCUT2D eigenvalue weighted by molar-refractivity contribution is 5.77. The Balaban J connectivity index is 2.36. The number of carbonyl (C=O) groups excluding carboxylic acids is 2. The van der Waals surface area contributed by atoms with Gasteiger partial charge in [0.1, 0.15) is 6.61 Å². The molecule has 0 bridgehead atoms. The highest BCUT2D eigenvalue weighted by Gasteiger charge is 2.14. The zero-order valence-electron chi connectivity index (χ0n) is 9.40. The standard InChI is InChI=1S/C10H13NO7/c12-5-6-17-9(15)3-4-10(16)18-11-7(13)1-2-8(11)14/h1-2,12-14H,3-6H2. The number of esters is 1. The van der Waals surface area contributed by atoms with Crippen LogP contribution in [-0.4, -0.2) is 45.2 Å². The maximum Gasteiger partial charge on any atom is 0.333 e. The molecule has 3 N–H and O–H groups in total. The van der Waals surface area contributed by atoms with Crippen LogP contribution in [0.25, 0.3) is 0 Å². The third kappa shape index (κ3) is 3.98. The van der Waals surface area contributed by atoms with Gasteiger partial charge in [-0.05, 0) is 0 Å². The van der Waals surface area contributed by atoms with Crippen molar-refractivity contribution in [2.75, 3.05) is 13.2 Å². The second-order valence-corrected chi connectivity index (χ2v) is 3.25. The number of aliphatic hydroxyl groups is 1. The summed E-state index contributed by atoms with van der Waals surface area (Å²) < 4.78 is 5.05. The van der Waals surface area contributed by atoms with Gasteiger partial charge < -0.3 is 24.9 Å². The van der Waals surface area contributed by atoms with E-state index in [1.165, 1.54) is 0 Å². The SMILES string of the molecule is O=C(CCC(=O)On1c(O)ccc1O)OCCO. The molecule has 1 aromatic heterocycles. The second kappa shape index (κ2) is 6.50. The van der Waals surface area contributed by atoms with E-state index in [0.29, 0.717) is 4.73 Å². The molecule has 0 aliphatic rings. The van der Waals surface area contributed by atoms with E-state index in [2.05, 4.69) is 9.57 Å². The Bertz CT molecular complexity index is 406. The molecule has 0 atom stereocenters.